The SMILES string of the molecule is COCN1C=C(c2ccc(OC)c(OC)c2)N(CC(=O)C(Cc2ccccc2)C(N)(O)C(F)(F)F)C(=O)C1C(C)C. The summed E-state index contributed by atoms with van der Waals surface area (Å²) in [6, 6.07) is 12.0. The third-order valence-electron chi connectivity index (χ3n) is 7.01. The van der Waals surface area contributed by atoms with Crippen LogP contribution >= 0.6 is 0 Å². The maximum absolute atomic E-state index is 13.9. The molecule has 2 aromatic carbocycles. The van der Waals surface area contributed by atoms with Crippen LogP contribution in [-0.2, 0) is 20.7 Å². The zero-order valence-electron chi connectivity index (χ0n) is 23.6. The molecule has 0 bridgehead atoms. The molecule has 1 heterocycles. The summed E-state index contributed by atoms with van der Waals surface area (Å²) in [6.45, 7) is 2.89. The maximum Gasteiger partial charge on any atom is 0.431 e. The van der Waals surface area contributed by atoms with Gasteiger partial charge < -0.3 is 29.1 Å². The molecule has 41 heavy (non-hydrogen) atoms. The fourth-order valence-electron chi connectivity index (χ4n) is 4.88. The van der Waals surface area contributed by atoms with Gasteiger partial charge in [-0.05, 0) is 36.1 Å². The number of carbonyl (C=O) groups is 2. The molecule has 9 nitrogen and oxygen atoms in total. The lowest BCUT2D eigenvalue weighted by Gasteiger charge is -2.42. The molecule has 1 amide bonds. The molecular formula is C29H36F3N3O6. The van der Waals surface area contributed by atoms with E-state index in [2.05, 4.69) is 0 Å². The van der Waals surface area contributed by atoms with E-state index in [1.165, 1.54) is 33.5 Å². The molecule has 1 aliphatic rings. The predicted molar refractivity (Wildman–Crippen MR) is 145 cm³/mol. The molecule has 224 valence electrons. The van der Waals surface area contributed by atoms with Gasteiger partial charge in [-0.1, -0.05) is 44.2 Å². The second-order valence-electron chi connectivity index (χ2n) is 10.2. The highest BCUT2D eigenvalue weighted by atomic mass is 19.4. The molecule has 0 aromatic heterocycles. The molecule has 0 radical (unpaired) electrons. The standard InChI is InChI=1S/C29H36F3N3O6/c1-18(2)26-27(37)35(22(15-34(26)17-39-3)20-11-12-24(40-4)25(14-20)41-5)16-23(36)21(28(33,38)29(30,31)32)13-19-9-7-6-8-10-19/h6-12,14-15,18,21,26,38H,13,16-17,33H2,1-5H3. The van der Waals surface area contributed by atoms with Crippen LogP contribution in [0.25, 0.3) is 5.70 Å². The van der Waals surface area contributed by atoms with Crippen LogP contribution in [0.3, 0.4) is 0 Å². The van der Waals surface area contributed by atoms with E-state index in [-0.39, 0.29) is 18.3 Å². The molecule has 3 rings (SSSR count). The van der Waals surface area contributed by atoms with Crippen molar-refractivity contribution in [2.24, 2.45) is 17.6 Å². The number of nitrogens with zero attached hydrogens (tertiary/aromatic N) is 2. The summed E-state index contributed by atoms with van der Waals surface area (Å²) >= 11 is 0. The van der Waals surface area contributed by atoms with Crippen LogP contribution in [-0.4, -0.2) is 79.1 Å². The number of methoxy groups -OCH3 is 3. The number of carbonyl (C=O) groups excluding carboxylic acids is 2. The number of nitrogens with two attached hydrogens (primary N) is 1. The zero-order valence-corrected chi connectivity index (χ0v) is 23.6. The molecule has 2 aromatic rings. The van der Waals surface area contributed by atoms with Crippen LogP contribution < -0.4 is 15.2 Å². The normalized spacial score (nSPS) is 18.2. The fourth-order valence-corrected chi connectivity index (χ4v) is 4.88. The smallest absolute Gasteiger partial charge is 0.431 e. The van der Waals surface area contributed by atoms with Crippen molar-refractivity contribution in [3.63, 3.8) is 0 Å². The first-order valence-electron chi connectivity index (χ1n) is 12.9. The maximum atomic E-state index is 13.9. The minimum Gasteiger partial charge on any atom is -0.493 e. The van der Waals surface area contributed by atoms with E-state index >= 15 is 0 Å². The Labute approximate surface area is 237 Å². The average Bonchev–Trinajstić information content (AvgIpc) is 2.92. The summed E-state index contributed by atoms with van der Waals surface area (Å²) in [5.74, 6) is -3.18. The number of benzene rings is 2. The quantitative estimate of drug-likeness (QED) is 0.368. The van der Waals surface area contributed by atoms with E-state index in [9.17, 15) is 27.9 Å². The molecule has 0 saturated heterocycles. The summed E-state index contributed by atoms with van der Waals surface area (Å²) in [7, 11) is 4.36. The van der Waals surface area contributed by atoms with Crippen molar-refractivity contribution >= 4 is 17.4 Å². The summed E-state index contributed by atoms with van der Waals surface area (Å²) in [6.07, 6.45) is -4.19. The van der Waals surface area contributed by atoms with Gasteiger partial charge in [0, 0.05) is 18.9 Å². The summed E-state index contributed by atoms with van der Waals surface area (Å²) in [5, 5.41) is 10.5. The first kappa shape index (κ1) is 31.9. The highest BCUT2D eigenvalue weighted by Crippen LogP contribution is 2.38. The predicted octanol–water partition coefficient (Wildman–Crippen LogP) is 3.41. The van der Waals surface area contributed by atoms with Crippen LogP contribution in [0.2, 0.25) is 0 Å². The topological polar surface area (TPSA) is 115 Å². The van der Waals surface area contributed by atoms with Crippen molar-refractivity contribution in [1.82, 2.24) is 9.80 Å². The van der Waals surface area contributed by atoms with Crippen molar-refractivity contribution in [1.29, 1.82) is 0 Å². The van der Waals surface area contributed by atoms with Gasteiger partial charge in [-0.2, -0.15) is 13.2 Å². The molecule has 0 saturated carbocycles. The molecule has 12 heteroatoms. The largest absolute Gasteiger partial charge is 0.493 e. The minimum atomic E-state index is -5.31. The van der Waals surface area contributed by atoms with Crippen molar-refractivity contribution < 1.29 is 42.1 Å². The molecule has 3 atom stereocenters. The lowest BCUT2D eigenvalue weighted by atomic mass is 9.84. The van der Waals surface area contributed by atoms with Gasteiger partial charge in [0.25, 0.3) is 0 Å². The van der Waals surface area contributed by atoms with Crippen LogP contribution in [0.5, 0.6) is 11.5 Å². The third-order valence-corrected chi connectivity index (χ3v) is 7.01. The van der Waals surface area contributed by atoms with E-state index in [0.29, 0.717) is 22.6 Å². The number of rotatable bonds is 12. The van der Waals surface area contributed by atoms with Crippen molar-refractivity contribution in [3.8, 4) is 11.5 Å². The van der Waals surface area contributed by atoms with Crippen LogP contribution in [0.15, 0.2) is 54.7 Å². The molecule has 0 aliphatic carbocycles. The van der Waals surface area contributed by atoms with E-state index in [1.54, 1.807) is 61.3 Å². The summed E-state index contributed by atoms with van der Waals surface area (Å²) in [4.78, 5) is 30.4. The number of halogens is 3. The van der Waals surface area contributed by atoms with Crippen LogP contribution in [0, 0.1) is 11.8 Å². The van der Waals surface area contributed by atoms with Gasteiger partial charge in [-0.25, -0.2) is 0 Å². The van der Waals surface area contributed by atoms with Crippen LogP contribution in [0.4, 0.5) is 13.2 Å². The van der Waals surface area contributed by atoms with Gasteiger partial charge in [0.15, 0.2) is 17.3 Å². The van der Waals surface area contributed by atoms with E-state index in [4.69, 9.17) is 19.9 Å². The Morgan fingerprint density at radius 1 is 1.05 bits per heavy atom. The second-order valence-corrected chi connectivity index (χ2v) is 10.2. The van der Waals surface area contributed by atoms with Gasteiger partial charge >= 0.3 is 6.18 Å². The number of hydrogen-bond acceptors (Lipinski definition) is 8. The lowest BCUT2D eigenvalue weighted by Crippen LogP contribution is -2.63. The van der Waals surface area contributed by atoms with Gasteiger partial charge in [-0.15, -0.1) is 0 Å². The molecule has 3 N–H and O–H groups in total. The van der Waals surface area contributed by atoms with Gasteiger partial charge in [0.2, 0.25) is 11.6 Å². The van der Waals surface area contributed by atoms with E-state index in [1.807, 2.05) is 0 Å². The number of ether oxygens (including phenoxy) is 3. The van der Waals surface area contributed by atoms with Crippen LogP contribution in [0.1, 0.15) is 25.0 Å². The summed E-state index contributed by atoms with van der Waals surface area (Å²) < 4.78 is 57.8. The number of alkyl halides is 3. The second kappa shape index (κ2) is 12.9. The first-order valence-corrected chi connectivity index (χ1v) is 12.9. The Hall–Kier alpha value is -3.61. The molecule has 0 spiro atoms. The average molecular weight is 580 g/mol. The van der Waals surface area contributed by atoms with Crippen molar-refractivity contribution in [2.75, 3.05) is 34.6 Å². The van der Waals surface area contributed by atoms with Crippen molar-refractivity contribution in [3.05, 3.63) is 65.9 Å². The fraction of sp³-hybridized carbons (Fsp3) is 0.448. The van der Waals surface area contributed by atoms with Gasteiger partial charge in [-0.3, -0.25) is 15.3 Å². The van der Waals surface area contributed by atoms with Gasteiger partial charge in [0.05, 0.1) is 32.4 Å². The monoisotopic (exact) mass is 579 g/mol. The molecule has 0 fully saturated rings. The number of Topliss-reactive ketones (excluding diaryl/α,β-unsaturated/α-hetero) is 1. The Bertz CT molecular complexity index is 1250. The molecule has 1 aliphatic heterocycles. The Balaban J connectivity index is 2.12. The number of hydrogen-bond donors (Lipinski definition) is 2. The summed E-state index contributed by atoms with van der Waals surface area (Å²) in [5.41, 5.74) is 2.60. The minimum absolute atomic E-state index is 0.0421. The molecular weight excluding hydrogens is 543 g/mol. The van der Waals surface area contributed by atoms with E-state index < -0.39 is 48.5 Å². The van der Waals surface area contributed by atoms with E-state index in [0.717, 1.165) is 4.90 Å². The third kappa shape index (κ3) is 6.83. The highest BCUT2D eigenvalue weighted by Gasteiger charge is 2.58. The number of ketones is 1. The molecule has 3 unspecified atom stereocenters. The first-order chi connectivity index (χ1) is 19.3. The zero-order chi connectivity index (χ0) is 30.5. The number of amides is 1. The van der Waals surface area contributed by atoms with Crippen molar-refractivity contribution in [2.45, 2.75) is 38.2 Å². The van der Waals surface area contributed by atoms with Gasteiger partial charge in [0.1, 0.15) is 12.8 Å². The Kier molecular flexibility index (Phi) is 10.1. The lowest BCUT2D eigenvalue weighted by molar-refractivity contribution is -0.274. The Morgan fingerprint density at radius 2 is 1.68 bits per heavy atom. The number of aliphatic hydroxyl groups is 1. The Morgan fingerprint density at radius 3 is 2.22 bits per heavy atom. The highest BCUT2D eigenvalue weighted by molar-refractivity contribution is 5.97.